The highest BCUT2D eigenvalue weighted by molar-refractivity contribution is 5.85. The Labute approximate surface area is 88.1 Å². The quantitative estimate of drug-likeness (QED) is 0.226. The lowest BCUT2D eigenvalue weighted by molar-refractivity contribution is -0.144. The average molecular weight is 220 g/mol. The van der Waals surface area contributed by atoms with E-state index in [-0.39, 0.29) is 45.4 Å². The lowest BCUT2D eigenvalue weighted by Crippen LogP contribution is -2.14. The second-order valence-corrected chi connectivity index (χ2v) is 2.47. The Balaban J connectivity index is 3.43. The number of hydrogen-bond acceptors (Lipinski definition) is 6. The molecule has 0 saturated heterocycles. The summed E-state index contributed by atoms with van der Waals surface area (Å²) in [6, 6.07) is 0. The van der Waals surface area contributed by atoms with Crippen LogP contribution < -0.4 is 0 Å². The molecule has 0 aromatic rings. The fraction of sp³-hybridized carbons (Fsp3) is 0.667. The van der Waals surface area contributed by atoms with Crippen molar-refractivity contribution in [2.75, 3.05) is 39.6 Å². The summed E-state index contributed by atoms with van der Waals surface area (Å²) < 4.78 is 14.3. The van der Waals surface area contributed by atoms with Gasteiger partial charge in [0.2, 0.25) is 0 Å². The standard InChI is InChI=1S/C9H16O6/c1-8(9(12)15-5-3-11)14-7-6-13-4-2-10/h10-11H,1-7H2. The molecule has 0 radical (unpaired) electrons. The zero-order valence-corrected chi connectivity index (χ0v) is 8.48. The van der Waals surface area contributed by atoms with E-state index in [0.717, 1.165) is 0 Å². The molecule has 0 amide bonds. The van der Waals surface area contributed by atoms with Crippen molar-refractivity contribution in [3.8, 4) is 0 Å². The molecule has 0 aromatic carbocycles. The topological polar surface area (TPSA) is 85.2 Å². The SMILES string of the molecule is C=C(OCCOCCO)C(=O)OCCO. The summed E-state index contributed by atoms with van der Waals surface area (Å²) >= 11 is 0. The van der Waals surface area contributed by atoms with Gasteiger partial charge in [-0.2, -0.15) is 0 Å². The second-order valence-electron chi connectivity index (χ2n) is 2.47. The van der Waals surface area contributed by atoms with Gasteiger partial charge < -0.3 is 24.4 Å². The molecule has 88 valence electrons. The fourth-order valence-electron chi connectivity index (χ4n) is 0.668. The molecule has 0 aliphatic heterocycles. The first-order chi connectivity index (χ1) is 7.22. The molecular weight excluding hydrogens is 204 g/mol. The van der Waals surface area contributed by atoms with Crippen LogP contribution in [0.1, 0.15) is 0 Å². The van der Waals surface area contributed by atoms with Gasteiger partial charge in [-0.3, -0.25) is 0 Å². The molecule has 0 fully saturated rings. The number of esters is 1. The first-order valence-electron chi connectivity index (χ1n) is 4.50. The Morgan fingerprint density at radius 1 is 1.00 bits per heavy atom. The molecule has 0 heterocycles. The predicted molar refractivity (Wildman–Crippen MR) is 51.0 cm³/mol. The predicted octanol–water partition coefficient (Wildman–Crippen LogP) is -0.939. The van der Waals surface area contributed by atoms with Crippen LogP contribution in [0.2, 0.25) is 0 Å². The number of rotatable bonds is 9. The van der Waals surface area contributed by atoms with Crippen LogP contribution in [0.5, 0.6) is 0 Å². The highest BCUT2D eigenvalue weighted by Crippen LogP contribution is 1.96. The minimum Gasteiger partial charge on any atom is -0.485 e. The Morgan fingerprint density at radius 2 is 1.67 bits per heavy atom. The van der Waals surface area contributed by atoms with Gasteiger partial charge in [-0.05, 0) is 6.58 Å². The Morgan fingerprint density at radius 3 is 2.27 bits per heavy atom. The molecular formula is C9H16O6. The third-order valence-corrected chi connectivity index (χ3v) is 1.29. The highest BCUT2D eigenvalue weighted by atomic mass is 16.6. The van der Waals surface area contributed by atoms with E-state index in [1.54, 1.807) is 0 Å². The van der Waals surface area contributed by atoms with Crippen molar-refractivity contribution in [3.05, 3.63) is 12.3 Å². The summed E-state index contributed by atoms with van der Waals surface area (Å²) in [5.74, 6) is -0.831. The summed E-state index contributed by atoms with van der Waals surface area (Å²) in [6.45, 7) is 3.61. The summed E-state index contributed by atoms with van der Waals surface area (Å²) in [6.07, 6.45) is 0. The average Bonchev–Trinajstić information content (AvgIpc) is 2.25. The van der Waals surface area contributed by atoms with Gasteiger partial charge in [0.05, 0.1) is 26.4 Å². The molecule has 0 aromatic heterocycles. The molecule has 0 saturated carbocycles. The molecule has 0 aliphatic carbocycles. The number of hydrogen-bond donors (Lipinski definition) is 2. The fourth-order valence-corrected chi connectivity index (χ4v) is 0.668. The molecule has 15 heavy (non-hydrogen) atoms. The molecule has 0 spiro atoms. The van der Waals surface area contributed by atoms with E-state index in [9.17, 15) is 4.79 Å². The van der Waals surface area contributed by atoms with E-state index < -0.39 is 5.97 Å². The lowest BCUT2D eigenvalue weighted by Gasteiger charge is -2.08. The van der Waals surface area contributed by atoms with Gasteiger partial charge in [-0.25, -0.2) is 4.79 Å². The van der Waals surface area contributed by atoms with Crippen LogP contribution >= 0.6 is 0 Å². The third-order valence-electron chi connectivity index (χ3n) is 1.29. The molecule has 0 aliphatic rings. The van der Waals surface area contributed by atoms with Crippen LogP contribution in [-0.4, -0.2) is 55.8 Å². The van der Waals surface area contributed by atoms with Crippen LogP contribution in [0.4, 0.5) is 0 Å². The molecule has 0 bridgehead atoms. The van der Waals surface area contributed by atoms with Gasteiger partial charge in [0.25, 0.3) is 0 Å². The largest absolute Gasteiger partial charge is 0.485 e. The van der Waals surface area contributed by atoms with E-state index in [1.807, 2.05) is 0 Å². The van der Waals surface area contributed by atoms with Gasteiger partial charge >= 0.3 is 5.97 Å². The maximum absolute atomic E-state index is 11.0. The lowest BCUT2D eigenvalue weighted by atomic mass is 10.5. The van der Waals surface area contributed by atoms with Gasteiger partial charge in [0, 0.05) is 0 Å². The van der Waals surface area contributed by atoms with Gasteiger partial charge in [-0.15, -0.1) is 0 Å². The number of carbonyl (C=O) groups excluding carboxylic acids is 1. The molecule has 0 unspecified atom stereocenters. The molecule has 0 atom stereocenters. The number of carbonyl (C=O) groups is 1. The maximum atomic E-state index is 11.0. The van der Waals surface area contributed by atoms with E-state index >= 15 is 0 Å². The summed E-state index contributed by atoms with van der Waals surface area (Å²) in [7, 11) is 0. The second kappa shape index (κ2) is 9.45. The minimum atomic E-state index is -0.703. The molecule has 6 nitrogen and oxygen atoms in total. The first kappa shape index (κ1) is 13.9. The van der Waals surface area contributed by atoms with Crippen molar-refractivity contribution in [2.45, 2.75) is 0 Å². The third kappa shape index (κ3) is 7.92. The summed E-state index contributed by atoms with van der Waals surface area (Å²) in [4.78, 5) is 11.0. The normalized spacial score (nSPS) is 9.73. The van der Waals surface area contributed by atoms with Crippen molar-refractivity contribution >= 4 is 5.97 Å². The van der Waals surface area contributed by atoms with E-state index in [0.29, 0.717) is 0 Å². The zero-order chi connectivity index (χ0) is 11.5. The van der Waals surface area contributed by atoms with Crippen molar-refractivity contribution in [3.63, 3.8) is 0 Å². The Bertz CT molecular complexity index is 191. The van der Waals surface area contributed by atoms with Crippen molar-refractivity contribution in [1.29, 1.82) is 0 Å². The molecule has 6 heteroatoms. The highest BCUT2D eigenvalue weighted by Gasteiger charge is 2.08. The number of aliphatic hydroxyl groups is 2. The summed E-state index contributed by atoms with van der Waals surface area (Å²) in [5, 5.41) is 16.8. The smallest absolute Gasteiger partial charge is 0.373 e. The van der Waals surface area contributed by atoms with Crippen LogP contribution in [0.15, 0.2) is 12.3 Å². The van der Waals surface area contributed by atoms with E-state index in [2.05, 4.69) is 11.3 Å². The maximum Gasteiger partial charge on any atom is 0.373 e. The van der Waals surface area contributed by atoms with Gasteiger partial charge in [-0.1, -0.05) is 0 Å². The zero-order valence-electron chi connectivity index (χ0n) is 8.48. The van der Waals surface area contributed by atoms with Crippen LogP contribution in [-0.2, 0) is 19.0 Å². The molecule has 2 N–H and O–H groups in total. The summed E-state index contributed by atoms with van der Waals surface area (Å²) in [5.41, 5.74) is 0. The van der Waals surface area contributed by atoms with E-state index in [4.69, 9.17) is 19.7 Å². The van der Waals surface area contributed by atoms with Crippen molar-refractivity contribution in [1.82, 2.24) is 0 Å². The monoisotopic (exact) mass is 220 g/mol. The molecule has 0 rings (SSSR count). The van der Waals surface area contributed by atoms with E-state index in [1.165, 1.54) is 0 Å². The van der Waals surface area contributed by atoms with Gasteiger partial charge in [0.15, 0.2) is 5.76 Å². The Kier molecular flexibility index (Phi) is 8.75. The van der Waals surface area contributed by atoms with Crippen LogP contribution in [0, 0.1) is 0 Å². The first-order valence-corrected chi connectivity index (χ1v) is 4.50. The van der Waals surface area contributed by atoms with Crippen molar-refractivity contribution in [2.24, 2.45) is 0 Å². The van der Waals surface area contributed by atoms with Gasteiger partial charge in [0.1, 0.15) is 13.2 Å². The number of ether oxygens (including phenoxy) is 3. The van der Waals surface area contributed by atoms with Crippen LogP contribution in [0.25, 0.3) is 0 Å². The minimum absolute atomic E-state index is 0.0561. The number of aliphatic hydroxyl groups excluding tert-OH is 2. The Hall–Kier alpha value is -1.11. The van der Waals surface area contributed by atoms with Crippen molar-refractivity contribution < 1.29 is 29.2 Å². The van der Waals surface area contributed by atoms with Crippen LogP contribution in [0.3, 0.4) is 0 Å².